The van der Waals surface area contributed by atoms with Crippen molar-refractivity contribution in [3.8, 4) is 0 Å². The van der Waals surface area contributed by atoms with Gasteiger partial charge in [0.05, 0.1) is 11.3 Å². The summed E-state index contributed by atoms with van der Waals surface area (Å²) in [5.74, 6) is 2.13. The number of rotatable bonds is 4. The Morgan fingerprint density at radius 1 is 1.27 bits per heavy atom. The first kappa shape index (κ1) is 17.7. The van der Waals surface area contributed by atoms with Crippen LogP contribution in [0.4, 0.5) is 5.82 Å². The van der Waals surface area contributed by atoms with E-state index in [0.29, 0.717) is 11.8 Å². The van der Waals surface area contributed by atoms with E-state index in [1.165, 1.54) is 0 Å². The molecule has 1 amide bonds. The quantitative estimate of drug-likeness (QED) is 0.891. The van der Waals surface area contributed by atoms with Crippen LogP contribution in [0.3, 0.4) is 0 Å². The van der Waals surface area contributed by atoms with E-state index < -0.39 is 0 Å². The highest BCUT2D eigenvalue weighted by Gasteiger charge is 2.32. The lowest BCUT2D eigenvalue weighted by Gasteiger charge is -2.38. The normalized spacial score (nSPS) is 22.1. The summed E-state index contributed by atoms with van der Waals surface area (Å²) in [5.41, 5.74) is 0. The maximum atomic E-state index is 13.1. The van der Waals surface area contributed by atoms with Crippen LogP contribution in [0.2, 0.25) is 0 Å². The molecule has 0 spiro atoms. The highest BCUT2D eigenvalue weighted by atomic mass is 32.1. The van der Waals surface area contributed by atoms with Crippen LogP contribution in [-0.4, -0.2) is 60.5 Å². The van der Waals surface area contributed by atoms with Crippen molar-refractivity contribution in [2.24, 2.45) is 11.8 Å². The Labute approximate surface area is 158 Å². The number of piperidine rings is 2. The van der Waals surface area contributed by atoms with Crippen molar-refractivity contribution in [3.05, 3.63) is 17.8 Å². The van der Waals surface area contributed by atoms with E-state index in [1.54, 1.807) is 17.7 Å². The van der Waals surface area contributed by atoms with Gasteiger partial charge in [-0.15, -0.1) is 11.3 Å². The molecule has 0 aromatic carbocycles. The fourth-order valence-corrected chi connectivity index (χ4v) is 5.03. The lowest BCUT2D eigenvalue weighted by atomic mass is 9.92. The lowest BCUT2D eigenvalue weighted by Crippen LogP contribution is -2.48. The molecular formula is C19H27N5OS. The second-order valence-electron chi connectivity index (χ2n) is 7.45. The monoisotopic (exact) mass is 373 g/mol. The number of carbonyl (C=O) groups is 1. The number of hydrogen-bond acceptors (Lipinski definition) is 6. The Morgan fingerprint density at radius 3 is 2.92 bits per heavy atom. The average molecular weight is 374 g/mol. The minimum Gasteiger partial charge on any atom is -0.355 e. The van der Waals surface area contributed by atoms with Crippen molar-refractivity contribution in [2.45, 2.75) is 25.7 Å². The fourth-order valence-electron chi connectivity index (χ4n) is 4.30. The molecule has 0 saturated carbocycles. The maximum Gasteiger partial charge on any atom is 0.227 e. The van der Waals surface area contributed by atoms with E-state index in [9.17, 15) is 4.79 Å². The number of hydrogen-bond donors (Lipinski definition) is 1. The van der Waals surface area contributed by atoms with Gasteiger partial charge >= 0.3 is 0 Å². The molecule has 2 fully saturated rings. The third-order valence-corrected chi connectivity index (χ3v) is 6.55. The summed E-state index contributed by atoms with van der Waals surface area (Å²) in [7, 11) is 2.01. The molecule has 0 aliphatic carbocycles. The average Bonchev–Trinajstić information content (AvgIpc) is 3.17. The Kier molecular flexibility index (Phi) is 5.36. The number of amides is 1. The molecule has 1 atom stereocenters. The van der Waals surface area contributed by atoms with Gasteiger partial charge in [-0.2, -0.15) is 0 Å². The van der Waals surface area contributed by atoms with Gasteiger partial charge in [0.1, 0.15) is 17.0 Å². The molecule has 2 aliphatic heterocycles. The molecule has 2 saturated heterocycles. The van der Waals surface area contributed by atoms with E-state index in [1.807, 2.05) is 7.05 Å². The van der Waals surface area contributed by atoms with Crippen LogP contribution < -0.4 is 10.2 Å². The first-order chi connectivity index (χ1) is 12.8. The predicted octanol–water partition coefficient (Wildman–Crippen LogP) is 2.37. The van der Waals surface area contributed by atoms with Gasteiger partial charge in [0.15, 0.2) is 0 Å². The van der Waals surface area contributed by atoms with E-state index in [0.717, 1.165) is 74.4 Å². The van der Waals surface area contributed by atoms with Gasteiger partial charge in [-0.05, 0) is 56.6 Å². The molecule has 2 aliphatic rings. The second-order valence-corrected chi connectivity index (χ2v) is 8.34. The van der Waals surface area contributed by atoms with E-state index >= 15 is 0 Å². The van der Waals surface area contributed by atoms with Gasteiger partial charge in [-0.1, -0.05) is 0 Å². The number of nitrogens with one attached hydrogen (secondary N) is 1. The number of thiophene rings is 1. The fraction of sp³-hybridized carbons (Fsp3) is 0.632. The molecule has 26 heavy (non-hydrogen) atoms. The van der Waals surface area contributed by atoms with Crippen molar-refractivity contribution in [3.63, 3.8) is 0 Å². The van der Waals surface area contributed by atoms with Crippen LogP contribution in [0, 0.1) is 11.8 Å². The van der Waals surface area contributed by atoms with Crippen molar-refractivity contribution >= 4 is 33.3 Å². The number of likely N-dealkylation sites (tertiary alicyclic amines) is 1. The zero-order chi connectivity index (χ0) is 17.9. The molecule has 140 valence electrons. The third-order valence-electron chi connectivity index (χ3n) is 5.73. The minimum atomic E-state index is 0.0910. The zero-order valence-corrected chi connectivity index (χ0v) is 16.2. The number of carbonyl (C=O) groups excluding carboxylic acids is 1. The van der Waals surface area contributed by atoms with E-state index in [2.05, 4.69) is 36.5 Å². The lowest BCUT2D eigenvalue weighted by molar-refractivity contribution is -0.137. The molecule has 6 nitrogen and oxygen atoms in total. The first-order valence-corrected chi connectivity index (χ1v) is 10.5. The zero-order valence-electron chi connectivity index (χ0n) is 15.4. The summed E-state index contributed by atoms with van der Waals surface area (Å²) in [4.78, 5) is 27.3. The third kappa shape index (κ3) is 3.55. The molecule has 0 bridgehead atoms. The van der Waals surface area contributed by atoms with E-state index in [-0.39, 0.29) is 5.92 Å². The maximum absolute atomic E-state index is 13.1. The van der Waals surface area contributed by atoms with E-state index in [4.69, 9.17) is 0 Å². The standard InChI is InChI=1S/C19H27N5OS/c1-20-11-14-4-8-23(9-5-14)19(25)15-3-2-7-24(12-15)17-16-6-10-26-18(16)22-13-21-17/h6,10,13-15,20H,2-5,7-9,11-12H2,1H3. The van der Waals surface area contributed by atoms with Gasteiger partial charge < -0.3 is 15.1 Å². The summed E-state index contributed by atoms with van der Waals surface area (Å²) in [5, 5.41) is 6.43. The minimum absolute atomic E-state index is 0.0910. The first-order valence-electron chi connectivity index (χ1n) is 9.63. The Morgan fingerprint density at radius 2 is 2.12 bits per heavy atom. The van der Waals surface area contributed by atoms with Crippen LogP contribution in [0.15, 0.2) is 17.8 Å². The van der Waals surface area contributed by atoms with Gasteiger partial charge in [0, 0.05) is 26.2 Å². The highest BCUT2D eigenvalue weighted by molar-refractivity contribution is 7.16. The molecule has 1 unspecified atom stereocenters. The van der Waals surface area contributed by atoms with Gasteiger partial charge in [-0.3, -0.25) is 4.79 Å². The second kappa shape index (κ2) is 7.88. The molecule has 2 aromatic rings. The van der Waals surface area contributed by atoms with Crippen molar-refractivity contribution in [1.29, 1.82) is 0 Å². The predicted molar refractivity (Wildman–Crippen MR) is 106 cm³/mol. The number of anilines is 1. The van der Waals surface area contributed by atoms with Crippen molar-refractivity contribution in [1.82, 2.24) is 20.2 Å². The van der Waals surface area contributed by atoms with Crippen molar-refractivity contribution in [2.75, 3.05) is 44.7 Å². The summed E-state index contributed by atoms with van der Waals surface area (Å²) < 4.78 is 0. The summed E-state index contributed by atoms with van der Waals surface area (Å²) in [6, 6.07) is 2.09. The SMILES string of the molecule is CNCC1CCN(C(=O)C2CCCN(c3ncnc4sccc34)C2)CC1. The smallest absolute Gasteiger partial charge is 0.227 e. The van der Waals surface area contributed by atoms with Crippen LogP contribution >= 0.6 is 11.3 Å². The topological polar surface area (TPSA) is 61.4 Å². The largest absolute Gasteiger partial charge is 0.355 e. The van der Waals surface area contributed by atoms with Crippen LogP contribution in [0.5, 0.6) is 0 Å². The summed E-state index contributed by atoms with van der Waals surface area (Å²) in [6.45, 7) is 4.62. The summed E-state index contributed by atoms with van der Waals surface area (Å²) in [6.07, 6.45) is 5.91. The Hall–Kier alpha value is -1.73. The molecule has 0 radical (unpaired) electrons. The molecule has 2 aromatic heterocycles. The Bertz CT molecular complexity index is 755. The van der Waals surface area contributed by atoms with Gasteiger partial charge in [0.25, 0.3) is 0 Å². The van der Waals surface area contributed by atoms with Crippen LogP contribution in [0.1, 0.15) is 25.7 Å². The van der Waals surface area contributed by atoms with Crippen molar-refractivity contribution < 1.29 is 4.79 Å². The Balaban J connectivity index is 1.42. The highest BCUT2D eigenvalue weighted by Crippen LogP contribution is 2.31. The number of fused-ring (bicyclic) bond motifs is 1. The van der Waals surface area contributed by atoms with Crippen LogP contribution in [0.25, 0.3) is 10.2 Å². The molecule has 4 rings (SSSR count). The number of nitrogens with zero attached hydrogens (tertiary/aromatic N) is 4. The summed E-state index contributed by atoms with van der Waals surface area (Å²) >= 11 is 1.64. The molecule has 7 heteroatoms. The van der Waals surface area contributed by atoms with Gasteiger partial charge in [-0.25, -0.2) is 9.97 Å². The van der Waals surface area contributed by atoms with Gasteiger partial charge in [0.2, 0.25) is 5.91 Å². The molecule has 4 heterocycles. The van der Waals surface area contributed by atoms with Crippen LogP contribution in [-0.2, 0) is 4.79 Å². The molecule has 1 N–H and O–H groups in total. The molecular weight excluding hydrogens is 346 g/mol. The number of aromatic nitrogens is 2.